The van der Waals surface area contributed by atoms with Crippen LogP contribution in [0.2, 0.25) is 0 Å². The van der Waals surface area contributed by atoms with E-state index in [4.69, 9.17) is 0 Å². The van der Waals surface area contributed by atoms with E-state index in [1.807, 2.05) is 6.07 Å². The molecule has 2 atom stereocenters. The van der Waals surface area contributed by atoms with Gasteiger partial charge in [0.15, 0.2) is 0 Å². The Morgan fingerprint density at radius 1 is 1.29 bits per heavy atom. The molecule has 0 saturated carbocycles. The van der Waals surface area contributed by atoms with Crippen molar-refractivity contribution < 1.29 is 9.90 Å². The molecule has 21 heavy (non-hydrogen) atoms. The summed E-state index contributed by atoms with van der Waals surface area (Å²) in [5.74, 6) is -0.743. The number of carboxylic acid groups (broad SMARTS) is 1. The molecule has 0 spiro atoms. The molecule has 0 bridgehead atoms. The highest BCUT2D eigenvalue weighted by Gasteiger charge is 2.26. The average molecular weight is 291 g/mol. The van der Waals surface area contributed by atoms with E-state index in [9.17, 15) is 9.90 Å². The molecule has 1 aromatic rings. The van der Waals surface area contributed by atoms with Crippen LogP contribution in [0.1, 0.15) is 58.9 Å². The third-order valence-electron chi connectivity index (χ3n) is 4.00. The average Bonchev–Trinajstić information content (AvgIpc) is 2.43. The van der Waals surface area contributed by atoms with Crippen molar-refractivity contribution in [3.05, 3.63) is 35.9 Å². The molecular formula is C18H29NO2. The van der Waals surface area contributed by atoms with Crippen LogP contribution >= 0.6 is 0 Å². The van der Waals surface area contributed by atoms with Crippen molar-refractivity contribution in [3.8, 4) is 0 Å². The van der Waals surface area contributed by atoms with Crippen molar-refractivity contribution in [2.24, 2.45) is 0 Å². The molecule has 3 nitrogen and oxygen atoms in total. The summed E-state index contributed by atoms with van der Waals surface area (Å²) in [4.78, 5) is 11.3. The van der Waals surface area contributed by atoms with Crippen LogP contribution in [0.4, 0.5) is 0 Å². The Kier molecular flexibility index (Phi) is 6.90. The molecule has 3 heteroatoms. The maximum Gasteiger partial charge on any atom is 0.320 e. The van der Waals surface area contributed by atoms with Crippen molar-refractivity contribution in [1.29, 1.82) is 0 Å². The molecule has 0 heterocycles. The standard InChI is InChI=1S/C18H29NO2/c1-5-6-12-16(17(20)21)19-14(2)13-18(3,4)15-10-8-7-9-11-15/h7-11,14,16,19H,5-6,12-13H2,1-4H3,(H,20,21). The van der Waals surface area contributed by atoms with Gasteiger partial charge in [-0.2, -0.15) is 0 Å². The Bertz CT molecular complexity index is 428. The first-order valence-corrected chi connectivity index (χ1v) is 7.91. The second kappa shape index (κ2) is 8.18. The number of nitrogens with one attached hydrogen (secondary N) is 1. The fourth-order valence-corrected chi connectivity index (χ4v) is 2.86. The number of rotatable bonds is 9. The minimum Gasteiger partial charge on any atom is -0.480 e. The van der Waals surface area contributed by atoms with Crippen LogP contribution in [0.5, 0.6) is 0 Å². The van der Waals surface area contributed by atoms with Gasteiger partial charge in [0.2, 0.25) is 0 Å². The monoisotopic (exact) mass is 291 g/mol. The maximum atomic E-state index is 11.3. The number of unbranched alkanes of at least 4 members (excludes halogenated alkanes) is 1. The van der Waals surface area contributed by atoms with E-state index in [0.29, 0.717) is 6.42 Å². The lowest BCUT2D eigenvalue weighted by Gasteiger charge is -2.30. The minimum absolute atomic E-state index is 0.0293. The smallest absolute Gasteiger partial charge is 0.320 e. The quantitative estimate of drug-likeness (QED) is 0.723. The van der Waals surface area contributed by atoms with Crippen LogP contribution in [0.3, 0.4) is 0 Å². The van der Waals surface area contributed by atoms with Gasteiger partial charge < -0.3 is 10.4 Å². The summed E-state index contributed by atoms with van der Waals surface area (Å²) in [6, 6.07) is 10.1. The molecule has 0 aromatic heterocycles. The second-order valence-corrected chi connectivity index (χ2v) is 6.55. The van der Waals surface area contributed by atoms with E-state index in [-0.39, 0.29) is 11.5 Å². The maximum absolute atomic E-state index is 11.3. The van der Waals surface area contributed by atoms with E-state index in [1.54, 1.807) is 0 Å². The lowest BCUT2D eigenvalue weighted by molar-refractivity contribution is -0.140. The summed E-state index contributed by atoms with van der Waals surface area (Å²) in [5, 5.41) is 12.6. The van der Waals surface area contributed by atoms with E-state index in [1.165, 1.54) is 5.56 Å². The van der Waals surface area contributed by atoms with Crippen LogP contribution in [-0.4, -0.2) is 23.2 Å². The van der Waals surface area contributed by atoms with Crippen LogP contribution in [0.25, 0.3) is 0 Å². The van der Waals surface area contributed by atoms with Gasteiger partial charge in [0.25, 0.3) is 0 Å². The molecule has 118 valence electrons. The second-order valence-electron chi connectivity index (χ2n) is 6.55. The van der Waals surface area contributed by atoms with Gasteiger partial charge in [-0.25, -0.2) is 0 Å². The highest BCUT2D eigenvalue weighted by molar-refractivity contribution is 5.73. The zero-order valence-electron chi connectivity index (χ0n) is 13.7. The lowest BCUT2D eigenvalue weighted by Crippen LogP contribution is -2.44. The molecule has 0 aliphatic rings. The van der Waals surface area contributed by atoms with Crippen molar-refractivity contribution in [2.45, 2.75) is 70.9 Å². The zero-order chi connectivity index (χ0) is 15.9. The Labute approximate surface area is 128 Å². The molecule has 0 amide bonds. The van der Waals surface area contributed by atoms with Gasteiger partial charge in [-0.05, 0) is 30.7 Å². The van der Waals surface area contributed by atoms with E-state index < -0.39 is 12.0 Å². The van der Waals surface area contributed by atoms with Gasteiger partial charge in [-0.15, -0.1) is 0 Å². The molecule has 0 radical (unpaired) electrons. The Morgan fingerprint density at radius 3 is 2.43 bits per heavy atom. The van der Waals surface area contributed by atoms with Crippen LogP contribution in [0.15, 0.2) is 30.3 Å². The first kappa shape index (κ1) is 17.7. The Morgan fingerprint density at radius 2 is 1.90 bits per heavy atom. The van der Waals surface area contributed by atoms with E-state index in [0.717, 1.165) is 19.3 Å². The SMILES string of the molecule is CCCCC(NC(C)CC(C)(C)c1ccccc1)C(=O)O. The first-order chi connectivity index (χ1) is 9.86. The molecular weight excluding hydrogens is 262 g/mol. The van der Waals surface area contributed by atoms with E-state index in [2.05, 4.69) is 57.3 Å². The van der Waals surface area contributed by atoms with Crippen LogP contribution in [0, 0.1) is 0 Å². The molecule has 1 rings (SSSR count). The highest BCUT2D eigenvalue weighted by Crippen LogP contribution is 2.28. The normalized spacial score (nSPS) is 14.7. The predicted octanol–water partition coefficient (Wildman–Crippen LogP) is 3.98. The van der Waals surface area contributed by atoms with Gasteiger partial charge in [-0.1, -0.05) is 63.9 Å². The molecule has 0 saturated heterocycles. The number of benzene rings is 1. The van der Waals surface area contributed by atoms with Crippen molar-refractivity contribution in [3.63, 3.8) is 0 Å². The summed E-state index contributed by atoms with van der Waals surface area (Å²) >= 11 is 0. The van der Waals surface area contributed by atoms with Gasteiger partial charge in [0.1, 0.15) is 6.04 Å². The third kappa shape index (κ3) is 5.88. The molecule has 0 fully saturated rings. The zero-order valence-corrected chi connectivity index (χ0v) is 13.7. The number of hydrogen-bond acceptors (Lipinski definition) is 2. The lowest BCUT2D eigenvalue weighted by atomic mass is 9.79. The summed E-state index contributed by atoms with van der Waals surface area (Å²) in [7, 11) is 0. The third-order valence-corrected chi connectivity index (χ3v) is 4.00. The molecule has 1 aromatic carbocycles. The summed E-state index contributed by atoms with van der Waals surface area (Å²) in [6.45, 7) is 8.58. The van der Waals surface area contributed by atoms with E-state index >= 15 is 0 Å². The highest BCUT2D eigenvalue weighted by atomic mass is 16.4. The minimum atomic E-state index is -0.743. The largest absolute Gasteiger partial charge is 0.480 e. The Hall–Kier alpha value is -1.35. The van der Waals surface area contributed by atoms with Gasteiger partial charge >= 0.3 is 5.97 Å². The molecule has 2 N–H and O–H groups in total. The summed E-state index contributed by atoms with van der Waals surface area (Å²) in [5.41, 5.74) is 1.32. The summed E-state index contributed by atoms with van der Waals surface area (Å²) in [6.07, 6.45) is 3.57. The van der Waals surface area contributed by atoms with Gasteiger partial charge in [0.05, 0.1) is 0 Å². The Balaban J connectivity index is 2.62. The predicted molar refractivity (Wildman–Crippen MR) is 87.6 cm³/mol. The number of aliphatic carboxylic acids is 1. The van der Waals surface area contributed by atoms with Crippen LogP contribution in [-0.2, 0) is 10.2 Å². The fraction of sp³-hybridized carbons (Fsp3) is 0.611. The van der Waals surface area contributed by atoms with Gasteiger partial charge in [-0.3, -0.25) is 4.79 Å². The number of hydrogen-bond donors (Lipinski definition) is 2. The van der Waals surface area contributed by atoms with Crippen molar-refractivity contribution in [2.75, 3.05) is 0 Å². The number of carboxylic acids is 1. The van der Waals surface area contributed by atoms with Crippen molar-refractivity contribution >= 4 is 5.97 Å². The summed E-state index contributed by atoms with van der Waals surface area (Å²) < 4.78 is 0. The van der Waals surface area contributed by atoms with Gasteiger partial charge in [0, 0.05) is 6.04 Å². The fourth-order valence-electron chi connectivity index (χ4n) is 2.86. The first-order valence-electron chi connectivity index (χ1n) is 7.91. The molecule has 2 unspecified atom stereocenters. The number of carbonyl (C=O) groups is 1. The molecule has 0 aliphatic carbocycles. The van der Waals surface area contributed by atoms with Crippen LogP contribution < -0.4 is 5.32 Å². The topological polar surface area (TPSA) is 49.3 Å². The molecule has 0 aliphatic heterocycles. The van der Waals surface area contributed by atoms with Crippen molar-refractivity contribution in [1.82, 2.24) is 5.32 Å².